The van der Waals surface area contributed by atoms with Gasteiger partial charge in [-0.15, -0.1) is 0 Å². The Bertz CT molecular complexity index is 371. The zero-order valence-corrected chi connectivity index (χ0v) is 10.7. The Hall–Kier alpha value is -0.850. The van der Waals surface area contributed by atoms with Crippen LogP contribution in [-0.4, -0.2) is 22.8 Å². The monoisotopic (exact) mass is 278 g/mol. The Morgan fingerprint density at radius 3 is 2.81 bits per heavy atom. The lowest BCUT2D eigenvalue weighted by atomic mass is 9.99. The largest absolute Gasteiger partial charge is 0.298 e. The van der Waals surface area contributed by atoms with Crippen molar-refractivity contribution in [2.24, 2.45) is 5.92 Å². The van der Waals surface area contributed by atoms with Crippen LogP contribution in [0.4, 0.5) is 0 Å². The smallest absolute Gasteiger partial charge is 0.0716 e. The number of likely N-dealkylation sites (tertiary alicyclic amines) is 1. The molecule has 0 bridgehead atoms. The van der Waals surface area contributed by atoms with Gasteiger partial charge in [0.1, 0.15) is 0 Å². The van der Waals surface area contributed by atoms with Crippen LogP contribution in [0.15, 0.2) is 30.3 Å². The van der Waals surface area contributed by atoms with Gasteiger partial charge in [0.25, 0.3) is 0 Å². The van der Waals surface area contributed by atoms with Gasteiger partial charge in [0.15, 0.2) is 0 Å². The second-order valence-corrected chi connectivity index (χ2v) is 5.44. The molecule has 1 aromatic carbocycles. The quantitative estimate of drug-likeness (QED) is 0.778. The van der Waals surface area contributed by atoms with E-state index in [4.69, 9.17) is 5.26 Å². The van der Waals surface area contributed by atoms with Crippen LogP contribution in [0.3, 0.4) is 0 Å². The van der Waals surface area contributed by atoms with Crippen molar-refractivity contribution in [2.75, 3.05) is 13.1 Å². The molecule has 0 aliphatic carbocycles. The summed E-state index contributed by atoms with van der Waals surface area (Å²) in [5.74, 6) is 0.123. The number of rotatable bonds is 2. The minimum absolute atomic E-state index is 0.123. The number of hydrogen-bond acceptors (Lipinski definition) is 2. The maximum atomic E-state index is 9.04. The van der Waals surface area contributed by atoms with E-state index in [1.54, 1.807) is 0 Å². The molecule has 16 heavy (non-hydrogen) atoms. The molecule has 3 heteroatoms. The predicted molar refractivity (Wildman–Crippen MR) is 68.2 cm³/mol. The SMILES string of the molecule is N#CC1CN(Cc2ccccc2)CCC1Br. The Balaban J connectivity index is 1.95. The maximum Gasteiger partial charge on any atom is 0.0716 e. The van der Waals surface area contributed by atoms with E-state index in [2.05, 4.69) is 51.2 Å². The van der Waals surface area contributed by atoms with Crippen LogP contribution in [0.2, 0.25) is 0 Å². The Labute approximate surface area is 105 Å². The number of benzene rings is 1. The normalized spacial score (nSPS) is 26.2. The van der Waals surface area contributed by atoms with E-state index < -0.39 is 0 Å². The molecule has 1 fully saturated rings. The van der Waals surface area contributed by atoms with Gasteiger partial charge in [-0.25, -0.2) is 0 Å². The van der Waals surface area contributed by atoms with E-state index in [-0.39, 0.29) is 5.92 Å². The molecule has 0 aromatic heterocycles. The summed E-state index contributed by atoms with van der Waals surface area (Å²) in [4.78, 5) is 2.73. The van der Waals surface area contributed by atoms with Gasteiger partial charge in [-0.1, -0.05) is 46.3 Å². The molecule has 0 radical (unpaired) electrons. The maximum absolute atomic E-state index is 9.04. The predicted octanol–water partition coefficient (Wildman–Crippen LogP) is 2.80. The van der Waals surface area contributed by atoms with Crippen LogP contribution < -0.4 is 0 Å². The van der Waals surface area contributed by atoms with Gasteiger partial charge in [0.2, 0.25) is 0 Å². The summed E-state index contributed by atoms with van der Waals surface area (Å²) >= 11 is 3.58. The molecule has 2 atom stereocenters. The van der Waals surface area contributed by atoms with Crippen LogP contribution in [0, 0.1) is 17.2 Å². The molecular weight excluding hydrogens is 264 g/mol. The van der Waals surface area contributed by atoms with Gasteiger partial charge in [-0.05, 0) is 18.5 Å². The van der Waals surface area contributed by atoms with Gasteiger partial charge in [0, 0.05) is 17.9 Å². The van der Waals surface area contributed by atoms with Gasteiger partial charge in [-0.2, -0.15) is 5.26 Å². The molecule has 2 nitrogen and oxygen atoms in total. The molecule has 0 amide bonds. The number of piperidine rings is 1. The zero-order chi connectivity index (χ0) is 11.4. The third-order valence-corrected chi connectivity index (χ3v) is 4.12. The van der Waals surface area contributed by atoms with Crippen LogP contribution in [-0.2, 0) is 6.54 Å². The Morgan fingerprint density at radius 2 is 2.12 bits per heavy atom. The van der Waals surface area contributed by atoms with Crippen molar-refractivity contribution in [3.63, 3.8) is 0 Å². The van der Waals surface area contributed by atoms with E-state index in [1.165, 1.54) is 5.56 Å². The molecule has 2 rings (SSSR count). The molecule has 1 aromatic rings. The van der Waals surface area contributed by atoms with Gasteiger partial charge < -0.3 is 0 Å². The van der Waals surface area contributed by atoms with Crippen molar-refractivity contribution in [2.45, 2.75) is 17.8 Å². The van der Waals surface area contributed by atoms with Crippen LogP contribution in [0.5, 0.6) is 0 Å². The molecule has 1 heterocycles. The average molecular weight is 279 g/mol. The summed E-state index contributed by atoms with van der Waals surface area (Å²) in [5.41, 5.74) is 1.33. The first-order valence-electron chi connectivity index (χ1n) is 5.59. The van der Waals surface area contributed by atoms with Crippen molar-refractivity contribution in [3.8, 4) is 6.07 Å². The van der Waals surface area contributed by atoms with Crippen LogP contribution >= 0.6 is 15.9 Å². The van der Waals surface area contributed by atoms with Crippen molar-refractivity contribution < 1.29 is 0 Å². The summed E-state index contributed by atoms with van der Waals surface area (Å²) in [6.07, 6.45) is 1.06. The highest BCUT2D eigenvalue weighted by atomic mass is 79.9. The minimum Gasteiger partial charge on any atom is -0.298 e. The van der Waals surface area contributed by atoms with Crippen molar-refractivity contribution >= 4 is 15.9 Å². The number of nitriles is 1. The highest BCUT2D eigenvalue weighted by molar-refractivity contribution is 9.09. The Kier molecular flexibility index (Phi) is 3.98. The molecule has 0 saturated carbocycles. The second-order valence-electron chi connectivity index (χ2n) is 4.26. The third-order valence-electron chi connectivity index (χ3n) is 3.03. The minimum atomic E-state index is 0.123. The number of halogens is 1. The summed E-state index contributed by atoms with van der Waals surface area (Å²) in [5, 5.41) is 9.04. The number of nitrogens with zero attached hydrogens (tertiary/aromatic N) is 2. The second kappa shape index (κ2) is 5.47. The molecule has 1 aliphatic heterocycles. The zero-order valence-electron chi connectivity index (χ0n) is 9.14. The van der Waals surface area contributed by atoms with E-state index >= 15 is 0 Å². The summed E-state index contributed by atoms with van der Waals surface area (Å²) in [6.45, 7) is 2.91. The van der Waals surface area contributed by atoms with Crippen LogP contribution in [0.1, 0.15) is 12.0 Å². The fourth-order valence-electron chi connectivity index (χ4n) is 2.10. The standard InChI is InChI=1S/C13H15BrN2/c14-13-6-7-16(10-12(13)8-15)9-11-4-2-1-3-5-11/h1-5,12-13H,6-7,9-10H2. The fraction of sp³-hybridized carbons (Fsp3) is 0.462. The fourth-order valence-corrected chi connectivity index (χ4v) is 2.59. The van der Waals surface area contributed by atoms with E-state index in [1.807, 2.05) is 6.07 Å². The van der Waals surface area contributed by atoms with E-state index in [0.29, 0.717) is 4.83 Å². The van der Waals surface area contributed by atoms with E-state index in [0.717, 1.165) is 26.1 Å². The lowest BCUT2D eigenvalue weighted by Gasteiger charge is -2.32. The lowest BCUT2D eigenvalue weighted by Crippen LogP contribution is -2.39. The first kappa shape index (κ1) is 11.6. The molecule has 1 aliphatic rings. The van der Waals surface area contributed by atoms with Gasteiger partial charge in [-0.3, -0.25) is 4.90 Å². The summed E-state index contributed by atoms with van der Waals surface area (Å²) in [7, 11) is 0. The number of hydrogen-bond donors (Lipinski definition) is 0. The summed E-state index contributed by atoms with van der Waals surface area (Å²) < 4.78 is 0. The van der Waals surface area contributed by atoms with Crippen molar-refractivity contribution in [3.05, 3.63) is 35.9 Å². The molecule has 0 N–H and O–H groups in total. The number of alkyl halides is 1. The van der Waals surface area contributed by atoms with Crippen molar-refractivity contribution in [1.29, 1.82) is 5.26 Å². The highest BCUT2D eigenvalue weighted by Gasteiger charge is 2.26. The molecule has 1 saturated heterocycles. The first-order valence-corrected chi connectivity index (χ1v) is 6.51. The van der Waals surface area contributed by atoms with Crippen molar-refractivity contribution in [1.82, 2.24) is 4.90 Å². The average Bonchev–Trinajstić information content (AvgIpc) is 2.33. The Morgan fingerprint density at radius 1 is 1.38 bits per heavy atom. The first-order chi connectivity index (χ1) is 7.79. The highest BCUT2D eigenvalue weighted by Crippen LogP contribution is 2.24. The van der Waals surface area contributed by atoms with Gasteiger partial charge >= 0.3 is 0 Å². The molecule has 84 valence electrons. The topological polar surface area (TPSA) is 27.0 Å². The molecular formula is C13H15BrN2. The lowest BCUT2D eigenvalue weighted by molar-refractivity contribution is 0.198. The summed E-state index contributed by atoms with van der Waals surface area (Å²) in [6, 6.07) is 12.8. The van der Waals surface area contributed by atoms with E-state index in [9.17, 15) is 0 Å². The van der Waals surface area contributed by atoms with Gasteiger partial charge in [0.05, 0.1) is 12.0 Å². The molecule has 2 unspecified atom stereocenters. The van der Waals surface area contributed by atoms with Crippen LogP contribution in [0.25, 0.3) is 0 Å². The molecule has 0 spiro atoms. The third kappa shape index (κ3) is 2.84.